The normalized spacial score (nSPS) is 36.4. The van der Waals surface area contributed by atoms with Crippen molar-refractivity contribution in [1.82, 2.24) is 35.8 Å². The number of likely N-dealkylation sites (N-methyl/N-ethyl adjacent to an activating group) is 1. The number of fused-ring (bicyclic) bond motifs is 1. The predicted octanol–water partition coefficient (Wildman–Crippen LogP) is 3.07. The minimum atomic E-state index is -1.47. The van der Waals surface area contributed by atoms with Crippen LogP contribution in [-0.2, 0) is 44.5 Å². The summed E-state index contributed by atoms with van der Waals surface area (Å²) in [5, 5.41) is 19.9. The van der Waals surface area contributed by atoms with E-state index in [2.05, 4.69) is 25.9 Å². The van der Waals surface area contributed by atoms with Gasteiger partial charge in [0.1, 0.15) is 24.2 Å². The number of esters is 1. The zero-order valence-corrected chi connectivity index (χ0v) is 36.2. The van der Waals surface area contributed by atoms with E-state index in [0.29, 0.717) is 31.0 Å². The molecule has 18 nitrogen and oxygen atoms in total. The molecule has 0 saturated carbocycles. The number of aliphatic hydroxyl groups is 1. The number of ether oxygens (including phenoxy) is 5. The molecule has 3 N–H and O–H groups in total. The number of rotatable bonds is 11. The van der Waals surface area contributed by atoms with Crippen LogP contribution in [0.2, 0.25) is 0 Å². The molecule has 2 amide bonds. The van der Waals surface area contributed by atoms with E-state index < -0.39 is 83.5 Å². The molecular weight excluding hydrogens is 766 g/mol. The van der Waals surface area contributed by atoms with E-state index in [9.17, 15) is 24.3 Å². The number of hydrogen-bond donors (Lipinski definition) is 3. The fourth-order valence-electron chi connectivity index (χ4n) is 8.78. The number of aryl methyl sites for hydroxylation is 1. The number of aromatic nitrogens is 3. The van der Waals surface area contributed by atoms with Crippen molar-refractivity contribution in [2.45, 2.75) is 148 Å². The Bertz CT molecular complexity index is 1770. The maximum atomic E-state index is 14.3. The van der Waals surface area contributed by atoms with E-state index in [1.807, 2.05) is 25.9 Å². The molecule has 0 aliphatic carbocycles. The topological polar surface area (TPSA) is 217 Å². The Labute approximate surface area is 346 Å². The van der Waals surface area contributed by atoms with Crippen LogP contribution in [0.4, 0.5) is 4.79 Å². The van der Waals surface area contributed by atoms with Crippen molar-refractivity contribution in [3.05, 3.63) is 30.4 Å². The molecule has 328 valence electrons. The molecule has 3 saturated heterocycles. The monoisotopic (exact) mass is 829 g/mol. The van der Waals surface area contributed by atoms with Gasteiger partial charge in [-0.2, -0.15) is 4.98 Å². The van der Waals surface area contributed by atoms with Crippen LogP contribution in [0.3, 0.4) is 0 Å². The van der Waals surface area contributed by atoms with Crippen molar-refractivity contribution in [3.63, 3.8) is 0 Å². The molecule has 0 bridgehead atoms. The van der Waals surface area contributed by atoms with Gasteiger partial charge in [0.05, 0.1) is 23.9 Å². The maximum Gasteiger partial charge on any atom is 0.425 e. The Morgan fingerprint density at radius 1 is 1.08 bits per heavy atom. The molecule has 3 fully saturated rings. The van der Waals surface area contributed by atoms with E-state index >= 15 is 0 Å². The number of Topliss-reactive ketones (excluding diaryl/α,β-unsaturated/α-hetero) is 1. The first kappa shape index (κ1) is 46.0. The molecule has 3 aliphatic rings. The molecule has 59 heavy (non-hydrogen) atoms. The summed E-state index contributed by atoms with van der Waals surface area (Å²) in [4.78, 5) is 66.6. The molecule has 3 aliphatic heterocycles. The van der Waals surface area contributed by atoms with Crippen LogP contribution in [0.1, 0.15) is 87.0 Å². The summed E-state index contributed by atoms with van der Waals surface area (Å²) in [5.41, 5.74) is 1.17. The third-order valence-electron chi connectivity index (χ3n) is 12.2. The van der Waals surface area contributed by atoms with Crippen LogP contribution < -0.4 is 10.7 Å². The smallest absolute Gasteiger partial charge is 0.425 e. The number of cyclic esters (lactones) is 1. The van der Waals surface area contributed by atoms with Crippen LogP contribution in [0.25, 0.3) is 11.4 Å². The fourth-order valence-corrected chi connectivity index (χ4v) is 8.78. The number of hydrazine groups is 1. The second-order valence-electron chi connectivity index (χ2n) is 16.9. The molecule has 2 aromatic heterocycles. The average molecular weight is 830 g/mol. The quantitative estimate of drug-likeness (QED) is 0.169. The highest BCUT2D eigenvalue weighted by Gasteiger charge is 2.59. The molecule has 0 spiro atoms. The Balaban J connectivity index is 1.41. The highest BCUT2D eigenvalue weighted by atomic mass is 16.7. The maximum absolute atomic E-state index is 14.3. The summed E-state index contributed by atoms with van der Waals surface area (Å²) in [6.07, 6.45) is -0.252. The Morgan fingerprint density at radius 2 is 1.78 bits per heavy atom. The highest BCUT2D eigenvalue weighted by Crippen LogP contribution is 2.39. The molecule has 5 heterocycles. The summed E-state index contributed by atoms with van der Waals surface area (Å²) < 4.78 is 36.4. The first-order valence-electron chi connectivity index (χ1n) is 20.6. The first-order chi connectivity index (χ1) is 27.8. The summed E-state index contributed by atoms with van der Waals surface area (Å²) in [5.74, 6) is -3.78. The van der Waals surface area contributed by atoms with Gasteiger partial charge in [-0.1, -0.05) is 25.9 Å². The summed E-state index contributed by atoms with van der Waals surface area (Å²) in [6.45, 7) is 14.0. The molecule has 1 unspecified atom stereocenters. The number of aliphatic hydroxyl groups excluding tert-OH is 1. The van der Waals surface area contributed by atoms with Crippen molar-refractivity contribution in [2.24, 2.45) is 17.8 Å². The highest BCUT2D eigenvalue weighted by molar-refractivity contribution is 6.00. The number of nitrogens with zero attached hydrogens (tertiary/aromatic N) is 5. The lowest BCUT2D eigenvalue weighted by molar-refractivity contribution is -0.295. The summed E-state index contributed by atoms with van der Waals surface area (Å²) >= 11 is 0. The van der Waals surface area contributed by atoms with E-state index in [1.165, 1.54) is 19.0 Å². The molecule has 13 atom stereocenters. The average Bonchev–Trinajstić information content (AvgIpc) is 3.78. The van der Waals surface area contributed by atoms with Gasteiger partial charge in [-0.05, 0) is 86.5 Å². The van der Waals surface area contributed by atoms with E-state index in [-0.39, 0.29) is 37.4 Å². The molecule has 0 radical (unpaired) electrons. The Morgan fingerprint density at radius 3 is 2.42 bits per heavy atom. The Hall–Kier alpha value is -4.07. The van der Waals surface area contributed by atoms with E-state index in [4.69, 9.17) is 28.2 Å². The SMILES string of the molecule is CC[C@H]1OC(=O)[C@H](C)C(=O)[C@H](C)[C@H](O[C@@H]2O[C@H](C)C[C@H](N(C)C)[C@H]2O)[C@@](C)(OC)C[C@@H](C)C(=O)NC(C)[C@H]2N(NCCCc3nc(-c4ccncc4)no3)C(=O)O[C@]12C. The van der Waals surface area contributed by atoms with Crippen LogP contribution in [0, 0.1) is 17.8 Å². The number of hydrogen-bond acceptors (Lipinski definition) is 16. The number of pyridine rings is 1. The standard InChI is InChI=1S/C41H63N7O11/c1-12-29-41(8)33(48(39(53)58-41)43-17-13-14-30-45-35(46-59-30)27-15-18-42-19-16-27)26(6)44-36(51)22(2)21-40(7,54-11)34(24(4)31(49)25(5)37(52)56-29)57-38-32(50)28(47(9)10)20-23(3)55-38/h15-16,18-19,22-26,28-29,32-34,38,43,50H,12-14,17,20-21H2,1-11H3,(H,44,51)/t22-,23-,24+,25-,26?,28+,29-,32-,33-,34+,38+,40+,41-/m1/s1. The number of methoxy groups -OCH3 is 1. The van der Waals surface area contributed by atoms with E-state index in [0.717, 1.165) is 5.56 Å². The largest absolute Gasteiger partial charge is 0.457 e. The number of nitrogens with one attached hydrogen (secondary N) is 2. The Kier molecular flexibility index (Phi) is 14.9. The second kappa shape index (κ2) is 19.1. The van der Waals surface area contributed by atoms with Gasteiger partial charge in [0, 0.05) is 55.9 Å². The van der Waals surface area contributed by atoms with Gasteiger partial charge < -0.3 is 43.5 Å². The fraction of sp³-hybridized carbons (Fsp3) is 0.732. The van der Waals surface area contributed by atoms with Crippen molar-refractivity contribution >= 4 is 23.8 Å². The van der Waals surface area contributed by atoms with Gasteiger partial charge in [-0.3, -0.25) is 19.4 Å². The lowest BCUT2D eigenvalue weighted by Crippen LogP contribution is -2.63. The minimum Gasteiger partial charge on any atom is -0.457 e. The predicted molar refractivity (Wildman–Crippen MR) is 212 cm³/mol. The van der Waals surface area contributed by atoms with Gasteiger partial charge in [0.2, 0.25) is 17.6 Å². The van der Waals surface area contributed by atoms with Crippen molar-refractivity contribution in [2.75, 3.05) is 27.7 Å². The summed E-state index contributed by atoms with van der Waals surface area (Å²) in [7, 11) is 5.19. The molecule has 5 rings (SSSR count). The van der Waals surface area contributed by atoms with Crippen molar-refractivity contribution in [3.8, 4) is 11.4 Å². The minimum absolute atomic E-state index is 0.0775. The summed E-state index contributed by atoms with van der Waals surface area (Å²) in [6, 6.07) is 1.66. The lowest BCUT2D eigenvalue weighted by atomic mass is 9.78. The van der Waals surface area contributed by atoms with Gasteiger partial charge in [0.25, 0.3) is 0 Å². The first-order valence-corrected chi connectivity index (χ1v) is 20.6. The molecule has 0 aromatic carbocycles. The molecular formula is C41H63N7O11. The van der Waals surface area contributed by atoms with E-state index in [1.54, 1.807) is 66.1 Å². The van der Waals surface area contributed by atoms with Gasteiger partial charge in [0.15, 0.2) is 17.7 Å². The third-order valence-corrected chi connectivity index (χ3v) is 12.2. The number of ketones is 1. The zero-order chi connectivity index (χ0) is 43.4. The van der Waals surface area contributed by atoms with Crippen molar-refractivity contribution in [1.29, 1.82) is 0 Å². The van der Waals surface area contributed by atoms with Gasteiger partial charge in [-0.15, -0.1) is 0 Å². The van der Waals surface area contributed by atoms with Crippen LogP contribution in [0.5, 0.6) is 0 Å². The van der Waals surface area contributed by atoms with Gasteiger partial charge in [-0.25, -0.2) is 15.2 Å². The molecule has 18 heteroatoms. The van der Waals surface area contributed by atoms with Crippen LogP contribution in [0.15, 0.2) is 29.0 Å². The second-order valence-corrected chi connectivity index (χ2v) is 16.9. The van der Waals surface area contributed by atoms with Crippen LogP contribution in [-0.4, -0.2) is 142 Å². The number of carbonyl (C=O) groups is 4. The van der Waals surface area contributed by atoms with Crippen molar-refractivity contribution < 1.29 is 52.5 Å². The lowest BCUT2D eigenvalue weighted by Gasteiger charge is -2.46. The molecule has 2 aromatic rings. The number of carbonyl (C=O) groups excluding carboxylic acids is 4. The third kappa shape index (κ3) is 9.94. The van der Waals surface area contributed by atoms with Gasteiger partial charge >= 0.3 is 12.1 Å². The van der Waals surface area contributed by atoms with Crippen LogP contribution >= 0.6 is 0 Å². The number of amides is 2. The zero-order valence-electron chi connectivity index (χ0n) is 36.2.